The number of fused-ring (bicyclic) bond motifs is 1. The van der Waals surface area contributed by atoms with Gasteiger partial charge in [-0.3, -0.25) is 13.9 Å². The molecule has 1 heterocycles. The van der Waals surface area contributed by atoms with Gasteiger partial charge in [0.05, 0.1) is 11.9 Å². The number of benzene rings is 2. The molecule has 1 N–H and O–H groups in total. The molecule has 1 aliphatic heterocycles. The molecule has 0 aliphatic carbocycles. The molecule has 3 rings (SSSR count). The van der Waals surface area contributed by atoms with Crippen molar-refractivity contribution in [3.8, 4) is 11.5 Å². The summed E-state index contributed by atoms with van der Waals surface area (Å²) < 4.78 is 37.6. The lowest BCUT2D eigenvalue weighted by Gasteiger charge is -2.32. The SMILES string of the molecule is Cc1ccc(CN(C(=O)CN(c2ccc3c(c2)OCCO3)S(C)(=O)=O)C(C)C(=O)NCC(C)C)cc1. The summed E-state index contributed by atoms with van der Waals surface area (Å²) in [5.41, 5.74) is 2.19. The third-order valence-electron chi connectivity index (χ3n) is 5.82. The van der Waals surface area contributed by atoms with E-state index in [1.165, 1.54) is 4.90 Å². The number of aryl methyl sites for hydroxylation is 1. The number of anilines is 1. The number of rotatable bonds is 10. The number of sulfonamides is 1. The first-order valence-corrected chi connectivity index (χ1v) is 13.8. The van der Waals surface area contributed by atoms with Crippen molar-refractivity contribution in [3.63, 3.8) is 0 Å². The van der Waals surface area contributed by atoms with E-state index in [4.69, 9.17) is 9.47 Å². The zero-order valence-electron chi connectivity index (χ0n) is 21.5. The smallest absolute Gasteiger partial charge is 0.244 e. The van der Waals surface area contributed by atoms with Gasteiger partial charge in [-0.1, -0.05) is 43.7 Å². The van der Waals surface area contributed by atoms with Crippen molar-refractivity contribution in [2.75, 3.05) is 36.9 Å². The molecule has 2 aromatic rings. The van der Waals surface area contributed by atoms with Crippen LogP contribution in [0.3, 0.4) is 0 Å². The molecule has 196 valence electrons. The summed E-state index contributed by atoms with van der Waals surface area (Å²) in [7, 11) is -3.83. The van der Waals surface area contributed by atoms with Crippen LogP contribution in [0, 0.1) is 12.8 Å². The Hall–Kier alpha value is -3.27. The fourth-order valence-corrected chi connectivity index (χ4v) is 4.57. The lowest BCUT2D eigenvalue weighted by molar-refractivity contribution is -0.139. The molecule has 10 heteroatoms. The molecular formula is C26H35N3O6S. The van der Waals surface area contributed by atoms with Gasteiger partial charge in [0.1, 0.15) is 25.8 Å². The van der Waals surface area contributed by atoms with Crippen molar-refractivity contribution in [1.82, 2.24) is 10.2 Å². The third kappa shape index (κ3) is 7.13. The summed E-state index contributed by atoms with van der Waals surface area (Å²) in [6.45, 7) is 8.51. The van der Waals surface area contributed by atoms with Crippen molar-refractivity contribution in [1.29, 1.82) is 0 Å². The Morgan fingerprint density at radius 3 is 2.25 bits per heavy atom. The molecule has 0 fully saturated rings. The van der Waals surface area contributed by atoms with Gasteiger partial charge < -0.3 is 19.7 Å². The quantitative estimate of drug-likeness (QED) is 0.520. The Morgan fingerprint density at radius 2 is 1.64 bits per heavy atom. The molecule has 0 saturated heterocycles. The first-order chi connectivity index (χ1) is 17.0. The molecular weight excluding hydrogens is 482 g/mol. The van der Waals surface area contributed by atoms with Gasteiger partial charge in [0.15, 0.2) is 11.5 Å². The monoisotopic (exact) mass is 517 g/mol. The summed E-state index contributed by atoms with van der Waals surface area (Å²) in [6.07, 6.45) is 1.04. The Kier molecular flexibility index (Phi) is 8.84. The Bertz CT molecular complexity index is 1180. The van der Waals surface area contributed by atoms with Gasteiger partial charge in [-0.15, -0.1) is 0 Å². The lowest BCUT2D eigenvalue weighted by Crippen LogP contribution is -2.51. The van der Waals surface area contributed by atoms with Crippen LogP contribution in [0.15, 0.2) is 42.5 Å². The summed E-state index contributed by atoms with van der Waals surface area (Å²) in [6, 6.07) is 11.6. The van der Waals surface area contributed by atoms with Gasteiger partial charge in [-0.2, -0.15) is 0 Å². The number of hydrogen-bond donors (Lipinski definition) is 1. The van der Waals surface area contributed by atoms with Crippen molar-refractivity contribution in [2.24, 2.45) is 5.92 Å². The highest BCUT2D eigenvalue weighted by molar-refractivity contribution is 7.92. The van der Waals surface area contributed by atoms with Crippen molar-refractivity contribution in [3.05, 3.63) is 53.6 Å². The van der Waals surface area contributed by atoms with Crippen LogP contribution in [-0.4, -0.2) is 63.7 Å². The molecule has 1 unspecified atom stereocenters. The Balaban J connectivity index is 1.89. The van der Waals surface area contributed by atoms with Crippen LogP contribution in [0.2, 0.25) is 0 Å². The predicted molar refractivity (Wildman–Crippen MR) is 139 cm³/mol. The number of ether oxygens (including phenoxy) is 2. The van der Waals surface area contributed by atoms with E-state index in [-0.39, 0.29) is 24.1 Å². The molecule has 2 amide bonds. The molecule has 0 radical (unpaired) electrons. The largest absolute Gasteiger partial charge is 0.486 e. The standard InChI is InChI=1S/C26H35N3O6S/c1-18(2)15-27-26(31)20(4)28(16-21-8-6-19(3)7-9-21)25(30)17-29(36(5,32)33)22-10-11-23-24(14-22)35-13-12-34-23/h6-11,14,18,20H,12-13,15-17H2,1-5H3,(H,27,31). The number of nitrogens with zero attached hydrogens (tertiary/aromatic N) is 2. The van der Waals surface area contributed by atoms with E-state index in [0.717, 1.165) is 21.7 Å². The second kappa shape index (κ2) is 11.6. The number of hydrogen-bond acceptors (Lipinski definition) is 6. The molecule has 0 saturated carbocycles. The molecule has 1 aliphatic rings. The zero-order valence-corrected chi connectivity index (χ0v) is 22.3. The first-order valence-electron chi connectivity index (χ1n) is 12.0. The van der Waals surface area contributed by atoms with Gasteiger partial charge in [0.2, 0.25) is 21.8 Å². The van der Waals surface area contributed by atoms with Crippen molar-refractivity contribution in [2.45, 2.75) is 40.3 Å². The van der Waals surface area contributed by atoms with E-state index < -0.39 is 28.5 Å². The summed E-state index contributed by atoms with van der Waals surface area (Å²) in [5.74, 6) is 0.384. The second-order valence-electron chi connectivity index (χ2n) is 9.42. The highest BCUT2D eigenvalue weighted by Crippen LogP contribution is 2.34. The number of nitrogens with one attached hydrogen (secondary N) is 1. The molecule has 36 heavy (non-hydrogen) atoms. The van der Waals surface area contributed by atoms with E-state index in [0.29, 0.717) is 31.3 Å². The highest BCUT2D eigenvalue weighted by atomic mass is 32.2. The fourth-order valence-electron chi connectivity index (χ4n) is 3.73. The van der Waals surface area contributed by atoms with Gasteiger partial charge in [0, 0.05) is 19.2 Å². The van der Waals surface area contributed by atoms with E-state index in [2.05, 4.69) is 5.32 Å². The van der Waals surface area contributed by atoms with Gasteiger partial charge in [-0.25, -0.2) is 8.42 Å². The number of carbonyl (C=O) groups excluding carboxylic acids is 2. The molecule has 0 aromatic heterocycles. The number of carbonyl (C=O) groups is 2. The van der Waals surface area contributed by atoms with E-state index >= 15 is 0 Å². The van der Waals surface area contributed by atoms with Crippen LogP contribution >= 0.6 is 0 Å². The normalized spacial score (nSPS) is 13.7. The summed E-state index contributed by atoms with van der Waals surface area (Å²) in [4.78, 5) is 27.9. The fraction of sp³-hybridized carbons (Fsp3) is 0.462. The number of amides is 2. The third-order valence-corrected chi connectivity index (χ3v) is 6.96. The average Bonchev–Trinajstić information content (AvgIpc) is 2.83. The van der Waals surface area contributed by atoms with E-state index in [1.807, 2.05) is 45.0 Å². The molecule has 1 atom stereocenters. The summed E-state index contributed by atoms with van der Waals surface area (Å²) >= 11 is 0. The van der Waals surface area contributed by atoms with Crippen LogP contribution in [0.4, 0.5) is 5.69 Å². The minimum absolute atomic E-state index is 0.161. The molecule has 2 aromatic carbocycles. The van der Waals surface area contributed by atoms with Gasteiger partial charge in [0.25, 0.3) is 0 Å². The average molecular weight is 518 g/mol. The van der Waals surface area contributed by atoms with Crippen LogP contribution in [0.5, 0.6) is 11.5 Å². The molecule has 0 spiro atoms. The highest BCUT2D eigenvalue weighted by Gasteiger charge is 2.30. The Labute approximate surface area is 213 Å². The maximum atomic E-state index is 13.6. The summed E-state index contributed by atoms with van der Waals surface area (Å²) in [5, 5.41) is 2.87. The Morgan fingerprint density at radius 1 is 1.00 bits per heavy atom. The maximum absolute atomic E-state index is 13.6. The second-order valence-corrected chi connectivity index (χ2v) is 11.3. The first kappa shape index (κ1) is 27.3. The molecule has 9 nitrogen and oxygen atoms in total. The van der Waals surface area contributed by atoms with Gasteiger partial charge >= 0.3 is 0 Å². The van der Waals surface area contributed by atoms with E-state index in [9.17, 15) is 18.0 Å². The topological polar surface area (TPSA) is 105 Å². The minimum atomic E-state index is -3.83. The van der Waals surface area contributed by atoms with Crippen LogP contribution in [0.25, 0.3) is 0 Å². The van der Waals surface area contributed by atoms with Crippen molar-refractivity contribution < 1.29 is 27.5 Å². The van der Waals surface area contributed by atoms with Crippen LogP contribution in [0.1, 0.15) is 31.9 Å². The molecule has 0 bridgehead atoms. The predicted octanol–water partition coefficient (Wildman–Crippen LogP) is 2.72. The van der Waals surface area contributed by atoms with Crippen LogP contribution in [-0.2, 0) is 26.2 Å². The minimum Gasteiger partial charge on any atom is -0.486 e. The van der Waals surface area contributed by atoms with Gasteiger partial charge in [-0.05, 0) is 37.5 Å². The van der Waals surface area contributed by atoms with Crippen molar-refractivity contribution >= 4 is 27.5 Å². The van der Waals surface area contributed by atoms with E-state index in [1.54, 1.807) is 25.1 Å². The zero-order chi connectivity index (χ0) is 26.5. The maximum Gasteiger partial charge on any atom is 0.244 e. The van der Waals surface area contributed by atoms with Crippen LogP contribution < -0.4 is 19.1 Å². The lowest BCUT2D eigenvalue weighted by atomic mass is 10.1.